The lowest BCUT2D eigenvalue weighted by molar-refractivity contribution is 0.522. The van der Waals surface area contributed by atoms with Gasteiger partial charge in [-0.1, -0.05) is 6.92 Å². The van der Waals surface area contributed by atoms with Gasteiger partial charge in [-0.15, -0.1) is 0 Å². The largest absolute Gasteiger partial charge is 0.317 e. The third-order valence-electron chi connectivity index (χ3n) is 1.97. The first-order valence-corrected chi connectivity index (χ1v) is 4.47. The van der Waals surface area contributed by atoms with E-state index >= 15 is 0 Å². The minimum absolute atomic E-state index is 0.451. The lowest BCUT2D eigenvalue weighted by Crippen LogP contribution is -2.26. The van der Waals surface area contributed by atoms with E-state index in [-0.39, 0.29) is 0 Å². The van der Waals surface area contributed by atoms with E-state index in [4.69, 9.17) is 0 Å². The standard InChI is InChI=1S/C7H13N3S/c1-5(6(2)8-3)7-9-4-10-11-7/h4-6,8H,1-3H3. The second-order valence-corrected chi connectivity index (χ2v) is 3.46. The summed E-state index contributed by atoms with van der Waals surface area (Å²) >= 11 is 1.47. The molecule has 0 aliphatic carbocycles. The summed E-state index contributed by atoms with van der Waals surface area (Å²) in [5.74, 6) is 0.451. The fourth-order valence-corrected chi connectivity index (χ4v) is 1.51. The molecule has 0 radical (unpaired) electrons. The van der Waals surface area contributed by atoms with Crippen LogP contribution in [0.25, 0.3) is 0 Å². The molecule has 0 aliphatic rings. The van der Waals surface area contributed by atoms with Crippen molar-refractivity contribution in [2.24, 2.45) is 0 Å². The molecule has 0 spiro atoms. The minimum Gasteiger partial charge on any atom is -0.317 e. The highest BCUT2D eigenvalue weighted by Gasteiger charge is 2.14. The van der Waals surface area contributed by atoms with Gasteiger partial charge in [0.15, 0.2) is 0 Å². The number of likely N-dealkylation sites (N-methyl/N-ethyl adjacent to an activating group) is 1. The summed E-state index contributed by atoms with van der Waals surface area (Å²) in [5.41, 5.74) is 0. The molecule has 0 amide bonds. The lowest BCUT2D eigenvalue weighted by atomic mass is 10.1. The van der Waals surface area contributed by atoms with Crippen molar-refractivity contribution in [3.05, 3.63) is 11.3 Å². The zero-order valence-electron chi connectivity index (χ0n) is 7.03. The quantitative estimate of drug-likeness (QED) is 0.743. The highest BCUT2D eigenvalue weighted by Crippen LogP contribution is 2.18. The third-order valence-corrected chi connectivity index (χ3v) is 2.84. The summed E-state index contributed by atoms with van der Waals surface area (Å²) in [6.07, 6.45) is 1.61. The first-order valence-electron chi connectivity index (χ1n) is 3.69. The Morgan fingerprint density at radius 1 is 1.55 bits per heavy atom. The SMILES string of the molecule is CNC(C)C(C)c1ncns1. The predicted octanol–water partition coefficient (Wildman–Crippen LogP) is 1.25. The molecule has 1 aromatic rings. The number of rotatable bonds is 3. The van der Waals surface area contributed by atoms with Crippen LogP contribution in [0.5, 0.6) is 0 Å². The zero-order valence-corrected chi connectivity index (χ0v) is 7.85. The van der Waals surface area contributed by atoms with Crippen molar-refractivity contribution in [1.29, 1.82) is 0 Å². The molecule has 2 atom stereocenters. The Balaban J connectivity index is 2.62. The Morgan fingerprint density at radius 3 is 2.73 bits per heavy atom. The molecule has 0 aromatic carbocycles. The number of hydrogen-bond donors (Lipinski definition) is 1. The smallest absolute Gasteiger partial charge is 0.129 e. The van der Waals surface area contributed by atoms with Crippen LogP contribution in [0.3, 0.4) is 0 Å². The molecule has 0 saturated heterocycles. The van der Waals surface area contributed by atoms with Crippen LogP contribution < -0.4 is 5.32 Å². The molecule has 1 rings (SSSR count). The fraction of sp³-hybridized carbons (Fsp3) is 0.714. The van der Waals surface area contributed by atoms with Crippen LogP contribution in [-0.4, -0.2) is 22.4 Å². The summed E-state index contributed by atoms with van der Waals surface area (Å²) in [6.45, 7) is 4.30. The van der Waals surface area contributed by atoms with Gasteiger partial charge in [0.05, 0.1) is 0 Å². The molecule has 1 N–H and O–H groups in total. The molecule has 1 heterocycles. The maximum absolute atomic E-state index is 4.15. The van der Waals surface area contributed by atoms with Crippen LogP contribution in [-0.2, 0) is 0 Å². The highest BCUT2D eigenvalue weighted by molar-refractivity contribution is 7.05. The number of nitrogens with zero attached hydrogens (tertiary/aromatic N) is 2. The van der Waals surface area contributed by atoms with Crippen LogP contribution >= 0.6 is 11.5 Å². The maximum atomic E-state index is 4.15. The van der Waals surface area contributed by atoms with Gasteiger partial charge in [-0.05, 0) is 25.5 Å². The van der Waals surface area contributed by atoms with Gasteiger partial charge >= 0.3 is 0 Å². The average molecular weight is 171 g/mol. The Labute approximate surface area is 71.0 Å². The van der Waals surface area contributed by atoms with Crippen LogP contribution in [0.1, 0.15) is 24.8 Å². The van der Waals surface area contributed by atoms with Gasteiger partial charge in [0.2, 0.25) is 0 Å². The molecule has 0 bridgehead atoms. The maximum Gasteiger partial charge on any atom is 0.129 e. The Morgan fingerprint density at radius 2 is 2.27 bits per heavy atom. The first kappa shape index (κ1) is 8.62. The number of nitrogens with one attached hydrogen (secondary N) is 1. The summed E-state index contributed by atoms with van der Waals surface area (Å²) < 4.78 is 3.96. The van der Waals surface area contributed by atoms with Crippen molar-refractivity contribution >= 4 is 11.5 Å². The van der Waals surface area contributed by atoms with E-state index in [2.05, 4.69) is 28.5 Å². The van der Waals surface area contributed by atoms with Crippen molar-refractivity contribution in [2.45, 2.75) is 25.8 Å². The van der Waals surface area contributed by atoms with E-state index in [0.29, 0.717) is 12.0 Å². The lowest BCUT2D eigenvalue weighted by Gasteiger charge is -2.15. The van der Waals surface area contributed by atoms with Crippen molar-refractivity contribution in [3.8, 4) is 0 Å². The predicted molar refractivity (Wildman–Crippen MR) is 46.8 cm³/mol. The van der Waals surface area contributed by atoms with E-state index in [0.717, 1.165) is 5.01 Å². The van der Waals surface area contributed by atoms with Gasteiger partial charge in [0, 0.05) is 12.0 Å². The summed E-state index contributed by atoms with van der Waals surface area (Å²) in [4.78, 5) is 4.15. The molecule has 4 heteroatoms. The summed E-state index contributed by atoms with van der Waals surface area (Å²) in [5, 5.41) is 4.30. The first-order chi connectivity index (χ1) is 5.25. The van der Waals surface area contributed by atoms with E-state index in [9.17, 15) is 0 Å². The third kappa shape index (κ3) is 1.97. The van der Waals surface area contributed by atoms with Gasteiger partial charge in [0.1, 0.15) is 11.3 Å². The molecule has 0 fully saturated rings. The van der Waals surface area contributed by atoms with Gasteiger partial charge in [-0.2, -0.15) is 4.37 Å². The second kappa shape index (κ2) is 3.78. The fourth-order valence-electron chi connectivity index (χ4n) is 0.846. The molecule has 0 saturated carbocycles. The Kier molecular flexibility index (Phi) is 2.96. The van der Waals surface area contributed by atoms with Crippen molar-refractivity contribution in [1.82, 2.24) is 14.7 Å². The molecule has 1 aromatic heterocycles. The van der Waals surface area contributed by atoms with Gasteiger partial charge in [-0.25, -0.2) is 4.98 Å². The Bertz CT molecular complexity index is 197. The van der Waals surface area contributed by atoms with Crippen molar-refractivity contribution in [2.75, 3.05) is 7.05 Å². The van der Waals surface area contributed by atoms with E-state index in [1.165, 1.54) is 11.5 Å². The zero-order chi connectivity index (χ0) is 8.27. The molecule has 3 nitrogen and oxygen atoms in total. The topological polar surface area (TPSA) is 37.8 Å². The Hall–Kier alpha value is -0.480. The molecular formula is C7H13N3S. The van der Waals surface area contributed by atoms with Crippen molar-refractivity contribution < 1.29 is 0 Å². The van der Waals surface area contributed by atoms with Gasteiger partial charge in [-0.3, -0.25) is 0 Å². The normalized spacial score (nSPS) is 16.3. The summed E-state index contributed by atoms with van der Waals surface area (Å²) in [6, 6.07) is 0.461. The molecule has 11 heavy (non-hydrogen) atoms. The molecule has 0 aliphatic heterocycles. The van der Waals surface area contributed by atoms with E-state index in [1.807, 2.05) is 7.05 Å². The molecule has 62 valence electrons. The van der Waals surface area contributed by atoms with Gasteiger partial charge in [0.25, 0.3) is 0 Å². The molecule has 2 unspecified atom stereocenters. The minimum atomic E-state index is 0.451. The molecular weight excluding hydrogens is 158 g/mol. The van der Waals surface area contributed by atoms with Crippen molar-refractivity contribution in [3.63, 3.8) is 0 Å². The van der Waals surface area contributed by atoms with Crippen LogP contribution in [0.2, 0.25) is 0 Å². The number of hydrogen-bond acceptors (Lipinski definition) is 4. The van der Waals surface area contributed by atoms with Gasteiger partial charge < -0.3 is 5.32 Å². The highest BCUT2D eigenvalue weighted by atomic mass is 32.1. The van der Waals surface area contributed by atoms with E-state index < -0.39 is 0 Å². The van der Waals surface area contributed by atoms with Crippen LogP contribution in [0.4, 0.5) is 0 Å². The second-order valence-electron chi connectivity index (χ2n) is 2.65. The van der Waals surface area contributed by atoms with E-state index in [1.54, 1.807) is 6.33 Å². The summed E-state index contributed by atoms with van der Waals surface area (Å²) in [7, 11) is 1.96. The number of aromatic nitrogens is 2. The monoisotopic (exact) mass is 171 g/mol. The van der Waals surface area contributed by atoms with Crippen LogP contribution in [0.15, 0.2) is 6.33 Å². The van der Waals surface area contributed by atoms with Crippen LogP contribution in [0, 0.1) is 0 Å². The average Bonchev–Trinajstić information content (AvgIpc) is 2.53.